The molecular formula is C14H32. The van der Waals surface area contributed by atoms with Crippen LogP contribution in [-0.2, 0) is 0 Å². The van der Waals surface area contributed by atoms with Gasteiger partial charge in [0.1, 0.15) is 0 Å². The van der Waals surface area contributed by atoms with E-state index in [-0.39, 0.29) is 0 Å². The molecule has 0 rings (SSSR count). The van der Waals surface area contributed by atoms with Crippen LogP contribution in [0.5, 0.6) is 0 Å². The molecule has 0 radical (unpaired) electrons. The van der Waals surface area contributed by atoms with E-state index in [0.29, 0.717) is 0 Å². The summed E-state index contributed by atoms with van der Waals surface area (Å²) in [7, 11) is 0. The summed E-state index contributed by atoms with van der Waals surface area (Å²) in [5.41, 5.74) is 0. The van der Waals surface area contributed by atoms with Crippen LogP contribution in [0.2, 0.25) is 0 Å². The Labute approximate surface area is 92.5 Å². The molecule has 0 aromatic carbocycles. The molecule has 14 heavy (non-hydrogen) atoms. The predicted octanol–water partition coefficient (Wildman–Crippen LogP) is 5.67. The van der Waals surface area contributed by atoms with E-state index in [1.165, 1.54) is 38.5 Å². The highest BCUT2D eigenvalue weighted by molar-refractivity contribution is 4.57. The maximum Gasteiger partial charge on any atom is -0.0420 e. The van der Waals surface area contributed by atoms with E-state index >= 15 is 0 Å². The first kappa shape index (κ1) is 16.4. The lowest BCUT2D eigenvalue weighted by Gasteiger charge is -2.14. The SMILES string of the molecule is CC.CCCCCCC[C@H](C)C(C)C. The third kappa shape index (κ3) is 12.0. The zero-order valence-electron chi connectivity index (χ0n) is 11.4. The number of unbranched alkanes of at least 4 members (excludes halogenated alkanes) is 4. The van der Waals surface area contributed by atoms with E-state index in [1.54, 1.807) is 0 Å². The molecule has 0 saturated heterocycles. The minimum Gasteiger partial charge on any atom is -0.0683 e. The molecule has 0 aliphatic rings. The van der Waals surface area contributed by atoms with Gasteiger partial charge in [-0.15, -0.1) is 0 Å². The molecule has 0 N–H and O–H groups in total. The minimum atomic E-state index is 0.871. The van der Waals surface area contributed by atoms with Crippen molar-refractivity contribution < 1.29 is 0 Å². The van der Waals surface area contributed by atoms with Crippen LogP contribution < -0.4 is 0 Å². The maximum absolute atomic E-state index is 2.38. The minimum absolute atomic E-state index is 0.871. The third-order valence-electron chi connectivity index (χ3n) is 2.90. The van der Waals surface area contributed by atoms with E-state index in [2.05, 4.69) is 27.7 Å². The van der Waals surface area contributed by atoms with Gasteiger partial charge in [0.15, 0.2) is 0 Å². The van der Waals surface area contributed by atoms with Crippen LogP contribution in [0.25, 0.3) is 0 Å². The molecule has 1 atom stereocenters. The zero-order chi connectivity index (χ0) is 11.4. The Morgan fingerprint density at radius 3 is 1.71 bits per heavy atom. The highest BCUT2D eigenvalue weighted by Crippen LogP contribution is 2.18. The van der Waals surface area contributed by atoms with Crippen molar-refractivity contribution >= 4 is 0 Å². The average molecular weight is 200 g/mol. The largest absolute Gasteiger partial charge is 0.0683 e. The molecule has 0 heteroatoms. The van der Waals surface area contributed by atoms with Gasteiger partial charge in [0.05, 0.1) is 0 Å². The molecule has 0 bridgehead atoms. The first-order valence-electron chi connectivity index (χ1n) is 6.68. The molecule has 0 aliphatic carbocycles. The van der Waals surface area contributed by atoms with Crippen molar-refractivity contribution in [3.8, 4) is 0 Å². The molecule has 0 amide bonds. The molecule has 0 saturated carbocycles. The van der Waals surface area contributed by atoms with Crippen molar-refractivity contribution in [2.75, 3.05) is 0 Å². The molecule has 0 fully saturated rings. The summed E-state index contributed by atoms with van der Waals surface area (Å²) in [6.07, 6.45) is 8.56. The van der Waals surface area contributed by atoms with Crippen molar-refractivity contribution in [1.29, 1.82) is 0 Å². The van der Waals surface area contributed by atoms with E-state index in [4.69, 9.17) is 0 Å². The molecule has 0 aromatic heterocycles. The van der Waals surface area contributed by atoms with Crippen LogP contribution in [-0.4, -0.2) is 0 Å². The van der Waals surface area contributed by atoms with Gasteiger partial charge in [0, 0.05) is 0 Å². The predicted molar refractivity (Wildman–Crippen MR) is 68.7 cm³/mol. The van der Waals surface area contributed by atoms with Crippen LogP contribution in [0.3, 0.4) is 0 Å². The lowest BCUT2D eigenvalue weighted by Crippen LogP contribution is -2.03. The highest BCUT2D eigenvalue weighted by atomic mass is 14.1. The fraction of sp³-hybridized carbons (Fsp3) is 1.00. The molecule has 0 aliphatic heterocycles. The summed E-state index contributed by atoms with van der Waals surface area (Å²) in [6, 6.07) is 0. The van der Waals surface area contributed by atoms with Crippen LogP contribution in [0.15, 0.2) is 0 Å². The van der Waals surface area contributed by atoms with E-state index in [0.717, 1.165) is 11.8 Å². The van der Waals surface area contributed by atoms with Crippen molar-refractivity contribution in [3.05, 3.63) is 0 Å². The maximum atomic E-state index is 2.38. The molecule has 0 heterocycles. The molecular weight excluding hydrogens is 168 g/mol. The van der Waals surface area contributed by atoms with Crippen LogP contribution in [0, 0.1) is 11.8 Å². The van der Waals surface area contributed by atoms with Gasteiger partial charge in [-0.05, 0) is 11.8 Å². The topological polar surface area (TPSA) is 0 Å². The second-order valence-electron chi connectivity index (χ2n) is 4.42. The fourth-order valence-electron chi connectivity index (χ4n) is 1.40. The van der Waals surface area contributed by atoms with Crippen molar-refractivity contribution in [1.82, 2.24) is 0 Å². The summed E-state index contributed by atoms with van der Waals surface area (Å²) < 4.78 is 0. The van der Waals surface area contributed by atoms with E-state index in [9.17, 15) is 0 Å². The molecule has 0 nitrogen and oxygen atoms in total. The van der Waals surface area contributed by atoms with Crippen molar-refractivity contribution in [2.45, 2.75) is 80.1 Å². The molecule has 88 valence electrons. The zero-order valence-corrected chi connectivity index (χ0v) is 11.4. The number of hydrogen-bond donors (Lipinski definition) is 0. The summed E-state index contributed by atoms with van der Waals surface area (Å²) in [5.74, 6) is 1.79. The molecule has 0 aromatic rings. The van der Waals surface area contributed by atoms with Gasteiger partial charge >= 0.3 is 0 Å². The first-order chi connectivity index (χ1) is 6.68. The number of rotatable bonds is 7. The van der Waals surface area contributed by atoms with Crippen molar-refractivity contribution in [2.24, 2.45) is 11.8 Å². The van der Waals surface area contributed by atoms with Gasteiger partial charge < -0.3 is 0 Å². The Morgan fingerprint density at radius 2 is 1.29 bits per heavy atom. The molecule has 0 spiro atoms. The van der Waals surface area contributed by atoms with E-state index < -0.39 is 0 Å². The van der Waals surface area contributed by atoms with Gasteiger partial charge in [-0.3, -0.25) is 0 Å². The van der Waals surface area contributed by atoms with Gasteiger partial charge in [0.2, 0.25) is 0 Å². The Morgan fingerprint density at radius 1 is 0.786 bits per heavy atom. The second-order valence-corrected chi connectivity index (χ2v) is 4.42. The lowest BCUT2D eigenvalue weighted by molar-refractivity contribution is 0.375. The Kier molecular flexibility index (Phi) is 15.3. The van der Waals surface area contributed by atoms with Gasteiger partial charge in [0.25, 0.3) is 0 Å². The summed E-state index contributed by atoms with van der Waals surface area (Å²) in [4.78, 5) is 0. The van der Waals surface area contributed by atoms with E-state index in [1.807, 2.05) is 13.8 Å². The lowest BCUT2D eigenvalue weighted by atomic mass is 9.92. The average Bonchev–Trinajstić information content (AvgIpc) is 2.20. The van der Waals surface area contributed by atoms with Crippen molar-refractivity contribution in [3.63, 3.8) is 0 Å². The first-order valence-corrected chi connectivity index (χ1v) is 6.68. The summed E-state index contributed by atoms with van der Waals surface area (Å²) in [6.45, 7) is 13.3. The van der Waals surface area contributed by atoms with Crippen LogP contribution in [0.1, 0.15) is 80.1 Å². The Balaban J connectivity index is 0. The van der Waals surface area contributed by atoms with Gasteiger partial charge in [-0.2, -0.15) is 0 Å². The third-order valence-corrected chi connectivity index (χ3v) is 2.90. The smallest absolute Gasteiger partial charge is 0.0420 e. The Bertz CT molecular complexity index is 84.0. The van der Waals surface area contributed by atoms with Crippen LogP contribution >= 0.6 is 0 Å². The Hall–Kier alpha value is 0. The van der Waals surface area contributed by atoms with Gasteiger partial charge in [-0.1, -0.05) is 80.1 Å². The second kappa shape index (κ2) is 13.0. The van der Waals surface area contributed by atoms with Gasteiger partial charge in [-0.25, -0.2) is 0 Å². The monoisotopic (exact) mass is 200 g/mol. The number of hydrogen-bond acceptors (Lipinski definition) is 0. The highest BCUT2D eigenvalue weighted by Gasteiger charge is 2.05. The quantitative estimate of drug-likeness (QED) is 0.465. The summed E-state index contributed by atoms with van der Waals surface area (Å²) >= 11 is 0. The molecule has 0 unspecified atom stereocenters. The summed E-state index contributed by atoms with van der Waals surface area (Å²) in [5, 5.41) is 0. The van der Waals surface area contributed by atoms with Crippen LogP contribution in [0.4, 0.5) is 0 Å². The normalized spacial score (nSPS) is 12.2. The fourth-order valence-corrected chi connectivity index (χ4v) is 1.40. The standard InChI is InChI=1S/C12H26.C2H6/c1-5-6-7-8-9-10-12(4)11(2)3;1-2/h11-12H,5-10H2,1-4H3;1-2H3/t12-;/m0./s1.